The number of ether oxygens (including phenoxy) is 1. The van der Waals surface area contributed by atoms with Crippen LogP contribution in [0.3, 0.4) is 0 Å². The molecule has 1 aromatic carbocycles. The summed E-state index contributed by atoms with van der Waals surface area (Å²) in [6.07, 6.45) is 5.48. The zero-order valence-corrected chi connectivity index (χ0v) is 12.7. The molecule has 0 saturated carbocycles. The van der Waals surface area contributed by atoms with Gasteiger partial charge in [0, 0.05) is 31.6 Å². The summed E-state index contributed by atoms with van der Waals surface area (Å²) in [7, 11) is 0. The number of amides is 1. The first-order chi connectivity index (χ1) is 10.8. The van der Waals surface area contributed by atoms with E-state index in [1.165, 1.54) is 11.9 Å². The molecule has 2 aromatic rings. The normalized spacial score (nSPS) is 14.0. The van der Waals surface area contributed by atoms with E-state index >= 15 is 0 Å². The van der Waals surface area contributed by atoms with Crippen LogP contribution in [0.5, 0.6) is 5.75 Å². The lowest BCUT2D eigenvalue weighted by atomic mass is 10.0. The van der Waals surface area contributed by atoms with E-state index in [0.29, 0.717) is 19.6 Å². The van der Waals surface area contributed by atoms with Crippen molar-refractivity contribution in [2.24, 2.45) is 0 Å². The molecule has 0 atom stereocenters. The van der Waals surface area contributed by atoms with Crippen molar-refractivity contribution in [3.8, 4) is 5.75 Å². The van der Waals surface area contributed by atoms with Gasteiger partial charge in [-0.1, -0.05) is 0 Å². The SMILES string of the molecule is CCN1C(=O)CCc2cc(OCCCn3cncn3)ccc21. The number of anilines is 1. The molecule has 1 aliphatic heterocycles. The average molecular weight is 300 g/mol. The second-order valence-corrected chi connectivity index (χ2v) is 5.29. The summed E-state index contributed by atoms with van der Waals surface area (Å²) in [4.78, 5) is 17.6. The average Bonchev–Trinajstić information content (AvgIpc) is 3.05. The number of aryl methyl sites for hydroxylation is 2. The fraction of sp³-hybridized carbons (Fsp3) is 0.438. The quantitative estimate of drug-likeness (QED) is 0.766. The molecule has 22 heavy (non-hydrogen) atoms. The number of nitrogens with zero attached hydrogens (tertiary/aromatic N) is 4. The number of aromatic nitrogens is 3. The maximum Gasteiger partial charge on any atom is 0.227 e. The van der Waals surface area contributed by atoms with Crippen LogP contribution in [-0.2, 0) is 17.8 Å². The van der Waals surface area contributed by atoms with Crippen molar-refractivity contribution < 1.29 is 9.53 Å². The van der Waals surface area contributed by atoms with Gasteiger partial charge in [0.05, 0.1) is 6.61 Å². The van der Waals surface area contributed by atoms with E-state index in [2.05, 4.69) is 16.1 Å². The molecule has 0 bridgehead atoms. The van der Waals surface area contributed by atoms with Crippen molar-refractivity contribution in [3.63, 3.8) is 0 Å². The third-order valence-corrected chi connectivity index (χ3v) is 3.83. The molecule has 0 saturated heterocycles. The molecule has 0 fully saturated rings. The van der Waals surface area contributed by atoms with Gasteiger partial charge >= 0.3 is 0 Å². The van der Waals surface area contributed by atoms with Gasteiger partial charge in [0.25, 0.3) is 0 Å². The number of carbonyl (C=O) groups is 1. The van der Waals surface area contributed by atoms with Gasteiger partial charge in [-0.15, -0.1) is 0 Å². The first-order valence-electron chi connectivity index (χ1n) is 7.66. The highest BCUT2D eigenvalue weighted by molar-refractivity contribution is 5.96. The van der Waals surface area contributed by atoms with Crippen molar-refractivity contribution >= 4 is 11.6 Å². The number of hydrogen-bond acceptors (Lipinski definition) is 4. The lowest BCUT2D eigenvalue weighted by molar-refractivity contribution is -0.118. The van der Waals surface area contributed by atoms with Crippen molar-refractivity contribution in [1.82, 2.24) is 14.8 Å². The molecule has 0 unspecified atom stereocenters. The van der Waals surface area contributed by atoms with Crippen LogP contribution in [-0.4, -0.2) is 33.8 Å². The third-order valence-electron chi connectivity index (χ3n) is 3.83. The van der Waals surface area contributed by atoms with E-state index in [0.717, 1.165) is 30.8 Å². The lowest BCUT2D eigenvalue weighted by Gasteiger charge is -2.28. The standard InChI is InChI=1S/C16H20N4O2/c1-2-20-15-6-5-14(10-13(15)4-7-16(20)21)22-9-3-8-19-12-17-11-18-19/h5-6,10-12H,2-4,7-9H2,1H3. The summed E-state index contributed by atoms with van der Waals surface area (Å²) >= 11 is 0. The summed E-state index contributed by atoms with van der Waals surface area (Å²) < 4.78 is 7.59. The van der Waals surface area contributed by atoms with E-state index in [1.54, 1.807) is 11.0 Å². The van der Waals surface area contributed by atoms with Gasteiger partial charge < -0.3 is 9.64 Å². The minimum Gasteiger partial charge on any atom is -0.494 e. The predicted molar refractivity (Wildman–Crippen MR) is 82.9 cm³/mol. The monoisotopic (exact) mass is 300 g/mol. The van der Waals surface area contributed by atoms with Crippen LogP contribution in [0.1, 0.15) is 25.3 Å². The number of benzene rings is 1. The van der Waals surface area contributed by atoms with Gasteiger partial charge in [-0.25, -0.2) is 4.98 Å². The van der Waals surface area contributed by atoms with E-state index in [1.807, 2.05) is 24.0 Å². The topological polar surface area (TPSA) is 60.2 Å². The van der Waals surface area contributed by atoms with Crippen LogP contribution in [0.25, 0.3) is 0 Å². The summed E-state index contributed by atoms with van der Waals surface area (Å²) in [5, 5.41) is 4.06. The van der Waals surface area contributed by atoms with E-state index < -0.39 is 0 Å². The second kappa shape index (κ2) is 6.60. The van der Waals surface area contributed by atoms with Gasteiger partial charge in [-0.3, -0.25) is 9.48 Å². The second-order valence-electron chi connectivity index (χ2n) is 5.29. The highest BCUT2D eigenvalue weighted by atomic mass is 16.5. The van der Waals surface area contributed by atoms with Crippen LogP contribution >= 0.6 is 0 Å². The van der Waals surface area contributed by atoms with Crippen molar-refractivity contribution in [1.29, 1.82) is 0 Å². The van der Waals surface area contributed by atoms with E-state index in [-0.39, 0.29) is 5.91 Å². The molecular formula is C16H20N4O2. The zero-order valence-electron chi connectivity index (χ0n) is 12.7. The third kappa shape index (κ3) is 3.10. The molecule has 2 heterocycles. The fourth-order valence-corrected chi connectivity index (χ4v) is 2.74. The Bertz CT molecular complexity index is 640. The Balaban J connectivity index is 1.58. The molecule has 0 radical (unpaired) electrons. The van der Waals surface area contributed by atoms with Gasteiger partial charge in [-0.2, -0.15) is 5.10 Å². The summed E-state index contributed by atoms with van der Waals surface area (Å²) in [5.74, 6) is 1.07. The minimum atomic E-state index is 0.205. The molecule has 0 spiro atoms. The maximum absolute atomic E-state index is 11.9. The first kappa shape index (κ1) is 14.6. The predicted octanol–water partition coefficient (Wildman–Crippen LogP) is 2.05. The Kier molecular flexibility index (Phi) is 4.37. The zero-order chi connectivity index (χ0) is 15.4. The first-order valence-corrected chi connectivity index (χ1v) is 7.66. The van der Waals surface area contributed by atoms with Gasteiger partial charge in [0.2, 0.25) is 5.91 Å². The summed E-state index contributed by atoms with van der Waals surface area (Å²) in [6, 6.07) is 5.98. The largest absolute Gasteiger partial charge is 0.494 e. The Morgan fingerprint density at radius 2 is 2.23 bits per heavy atom. The molecule has 3 rings (SSSR count). The summed E-state index contributed by atoms with van der Waals surface area (Å²) in [6.45, 7) is 4.14. The minimum absolute atomic E-state index is 0.205. The van der Waals surface area contributed by atoms with Crippen molar-refractivity contribution in [3.05, 3.63) is 36.4 Å². The Labute approximate surface area is 129 Å². The van der Waals surface area contributed by atoms with Crippen LogP contribution < -0.4 is 9.64 Å². The van der Waals surface area contributed by atoms with Crippen LogP contribution in [0.4, 0.5) is 5.69 Å². The number of hydrogen-bond donors (Lipinski definition) is 0. The molecule has 1 aliphatic rings. The molecule has 0 aliphatic carbocycles. The van der Waals surface area contributed by atoms with Crippen LogP contribution in [0.2, 0.25) is 0 Å². The number of carbonyl (C=O) groups excluding carboxylic acids is 1. The number of rotatable bonds is 6. The highest BCUT2D eigenvalue weighted by Gasteiger charge is 2.22. The Morgan fingerprint density at radius 1 is 1.32 bits per heavy atom. The molecule has 0 N–H and O–H groups in total. The van der Waals surface area contributed by atoms with E-state index in [9.17, 15) is 4.79 Å². The van der Waals surface area contributed by atoms with Gasteiger partial charge in [-0.05, 0) is 37.1 Å². The molecule has 6 heteroatoms. The van der Waals surface area contributed by atoms with Crippen LogP contribution in [0.15, 0.2) is 30.9 Å². The smallest absolute Gasteiger partial charge is 0.227 e. The number of fused-ring (bicyclic) bond motifs is 1. The van der Waals surface area contributed by atoms with Crippen molar-refractivity contribution in [2.45, 2.75) is 32.7 Å². The Hall–Kier alpha value is -2.37. The molecule has 1 amide bonds. The Morgan fingerprint density at radius 3 is 3.00 bits per heavy atom. The summed E-state index contributed by atoms with van der Waals surface area (Å²) in [5.41, 5.74) is 2.21. The highest BCUT2D eigenvalue weighted by Crippen LogP contribution is 2.30. The van der Waals surface area contributed by atoms with Gasteiger partial charge in [0.15, 0.2) is 0 Å². The van der Waals surface area contributed by atoms with Crippen LogP contribution in [0, 0.1) is 0 Å². The van der Waals surface area contributed by atoms with Gasteiger partial charge in [0.1, 0.15) is 18.4 Å². The lowest BCUT2D eigenvalue weighted by Crippen LogP contribution is -2.34. The molecule has 6 nitrogen and oxygen atoms in total. The molecule has 116 valence electrons. The van der Waals surface area contributed by atoms with E-state index in [4.69, 9.17) is 4.74 Å². The van der Waals surface area contributed by atoms with Crippen molar-refractivity contribution in [2.75, 3.05) is 18.1 Å². The fourth-order valence-electron chi connectivity index (χ4n) is 2.74. The maximum atomic E-state index is 11.9. The molecular weight excluding hydrogens is 280 g/mol. The molecule has 1 aromatic heterocycles.